The van der Waals surface area contributed by atoms with E-state index in [0.29, 0.717) is 5.56 Å². The van der Waals surface area contributed by atoms with Crippen LogP contribution in [0, 0.1) is 0 Å². The van der Waals surface area contributed by atoms with Gasteiger partial charge in [-0.15, -0.1) is 0 Å². The van der Waals surface area contributed by atoms with Crippen molar-refractivity contribution in [3.8, 4) is 17.0 Å². The number of benzene rings is 2. The highest BCUT2D eigenvalue weighted by Gasteiger charge is 2.19. The molecule has 0 fully saturated rings. The molecule has 29 heavy (non-hydrogen) atoms. The zero-order valence-electron chi connectivity index (χ0n) is 16.6. The van der Waals surface area contributed by atoms with Crippen LogP contribution in [0.1, 0.15) is 19.4 Å². The molecule has 6 nitrogen and oxygen atoms in total. The summed E-state index contributed by atoms with van der Waals surface area (Å²) in [6.07, 6.45) is 0.599. The number of ether oxygens (including phenoxy) is 3. The summed E-state index contributed by atoms with van der Waals surface area (Å²) < 4.78 is 15.9. The van der Waals surface area contributed by atoms with Gasteiger partial charge >= 0.3 is 6.16 Å². The van der Waals surface area contributed by atoms with Gasteiger partial charge in [0.1, 0.15) is 0 Å². The fourth-order valence-electron chi connectivity index (χ4n) is 3.41. The molecule has 1 N–H and O–H groups in total. The largest absolute Gasteiger partial charge is 0.515 e. The Balaban J connectivity index is 1.87. The van der Waals surface area contributed by atoms with Crippen LogP contribution in [-0.4, -0.2) is 29.3 Å². The monoisotopic (exact) mass is 390 g/mol. The van der Waals surface area contributed by atoms with Crippen molar-refractivity contribution in [3.63, 3.8) is 0 Å². The maximum absolute atomic E-state index is 12.0. The van der Waals surface area contributed by atoms with Crippen LogP contribution < -0.4 is 4.74 Å². The fourth-order valence-corrected chi connectivity index (χ4v) is 3.41. The normalized spacial score (nSPS) is 11.3. The van der Waals surface area contributed by atoms with E-state index in [1.165, 1.54) is 0 Å². The molecule has 2 heterocycles. The Morgan fingerprint density at radius 1 is 1.07 bits per heavy atom. The first kappa shape index (κ1) is 19.0. The smallest absolute Gasteiger partial charge is 0.431 e. The maximum Gasteiger partial charge on any atom is 0.515 e. The van der Waals surface area contributed by atoms with Gasteiger partial charge in [0.25, 0.3) is 0 Å². The van der Waals surface area contributed by atoms with Crippen molar-refractivity contribution in [2.24, 2.45) is 0 Å². The molecule has 4 rings (SSSR count). The summed E-state index contributed by atoms with van der Waals surface area (Å²) in [6, 6.07) is 16.4. The van der Waals surface area contributed by atoms with Crippen molar-refractivity contribution >= 4 is 28.0 Å². The van der Waals surface area contributed by atoms with E-state index < -0.39 is 6.16 Å². The van der Waals surface area contributed by atoms with Crippen molar-refractivity contribution in [2.75, 3.05) is 7.11 Å². The summed E-state index contributed by atoms with van der Waals surface area (Å²) >= 11 is 0. The fraction of sp³-hybridized carbons (Fsp3) is 0.217. The summed E-state index contributed by atoms with van der Waals surface area (Å²) in [5, 5.41) is 1.93. The number of hydrogen-bond acceptors (Lipinski definition) is 5. The number of carbonyl (C=O) groups excluding carboxylic acids is 1. The van der Waals surface area contributed by atoms with Gasteiger partial charge in [0.05, 0.1) is 30.0 Å². The number of nitrogens with one attached hydrogen (secondary N) is 1. The molecule has 0 saturated heterocycles. The average molecular weight is 390 g/mol. The molecule has 0 unspecified atom stereocenters. The number of H-pyrrole nitrogens is 1. The van der Waals surface area contributed by atoms with Crippen molar-refractivity contribution in [1.29, 1.82) is 0 Å². The SMILES string of the molecule is COCc1c(OC(=O)OC(C)C)ncc2[nH]c3ccc(-c4ccccc4)cc3c12. The van der Waals surface area contributed by atoms with Gasteiger partial charge in [-0.25, -0.2) is 9.78 Å². The van der Waals surface area contributed by atoms with E-state index in [0.717, 1.165) is 32.9 Å². The zero-order valence-corrected chi connectivity index (χ0v) is 16.6. The molecule has 0 spiro atoms. The minimum atomic E-state index is -0.783. The zero-order chi connectivity index (χ0) is 20.4. The first-order chi connectivity index (χ1) is 14.1. The Labute approximate surface area is 168 Å². The average Bonchev–Trinajstić information content (AvgIpc) is 3.08. The number of methoxy groups -OCH3 is 1. The van der Waals surface area contributed by atoms with Crippen molar-refractivity contribution in [2.45, 2.75) is 26.6 Å². The van der Waals surface area contributed by atoms with E-state index in [1.807, 2.05) is 24.3 Å². The number of hydrogen-bond donors (Lipinski definition) is 1. The van der Waals surface area contributed by atoms with E-state index >= 15 is 0 Å². The van der Waals surface area contributed by atoms with Gasteiger partial charge in [-0.05, 0) is 37.1 Å². The second kappa shape index (κ2) is 7.93. The van der Waals surface area contributed by atoms with E-state index in [4.69, 9.17) is 14.2 Å². The van der Waals surface area contributed by atoms with E-state index in [1.54, 1.807) is 27.2 Å². The molecule has 0 aliphatic heterocycles. The number of aromatic nitrogens is 2. The molecule has 0 atom stereocenters. The van der Waals surface area contributed by atoms with Crippen LogP contribution >= 0.6 is 0 Å². The van der Waals surface area contributed by atoms with Crippen LogP contribution in [0.25, 0.3) is 32.9 Å². The molecule has 0 amide bonds. The van der Waals surface area contributed by atoms with Crippen molar-refractivity contribution < 1.29 is 19.0 Å². The molecule has 6 heteroatoms. The summed E-state index contributed by atoms with van der Waals surface area (Å²) in [4.78, 5) is 19.7. The molecule has 0 saturated carbocycles. The highest BCUT2D eigenvalue weighted by molar-refractivity contribution is 6.10. The van der Waals surface area contributed by atoms with Crippen molar-refractivity contribution in [3.05, 3.63) is 60.3 Å². The van der Waals surface area contributed by atoms with E-state index in [2.05, 4.69) is 34.2 Å². The van der Waals surface area contributed by atoms with Crippen LogP contribution in [0.2, 0.25) is 0 Å². The number of pyridine rings is 1. The molecular weight excluding hydrogens is 368 g/mol. The van der Waals surface area contributed by atoms with Gasteiger partial charge in [0.15, 0.2) is 0 Å². The standard InChI is InChI=1S/C23H22N2O4/c1-14(2)28-23(26)29-22-18(13-27-3)21-17-11-16(15-7-5-4-6-8-15)9-10-19(17)25-20(21)12-24-22/h4-12,14,25H,13H2,1-3H3. The van der Waals surface area contributed by atoms with Crippen LogP contribution in [0.4, 0.5) is 4.79 Å². The Hall–Kier alpha value is -3.38. The van der Waals surface area contributed by atoms with Gasteiger partial charge in [-0.1, -0.05) is 36.4 Å². The van der Waals surface area contributed by atoms with Crippen LogP contribution in [-0.2, 0) is 16.1 Å². The minimum absolute atomic E-state index is 0.191. The second-order valence-electron chi connectivity index (χ2n) is 7.03. The summed E-state index contributed by atoms with van der Waals surface area (Å²) in [6.45, 7) is 3.77. The van der Waals surface area contributed by atoms with E-state index in [-0.39, 0.29) is 18.6 Å². The number of carbonyl (C=O) groups is 1. The Bertz CT molecular complexity index is 1170. The Morgan fingerprint density at radius 2 is 1.86 bits per heavy atom. The van der Waals surface area contributed by atoms with Crippen LogP contribution in [0.15, 0.2) is 54.7 Å². The molecule has 2 aromatic carbocycles. The predicted octanol–water partition coefficient (Wildman–Crippen LogP) is 5.45. The first-order valence-electron chi connectivity index (χ1n) is 9.43. The third-order valence-electron chi connectivity index (χ3n) is 4.61. The topological polar surface area (TPSA) is 73.4 Å². The lowest BCUT2D eigenvalue weighted by atomic mass is 10.0. The van der Waals surface area contributed by atoms with Gasteiger partial charge in [-0.2, -0.15) is 0 Å². The molecule has 148 valence electrons. The quantitative estimate of drug-likeness (QED) is 0.459. The summed E-state index contributed by atoms with van der Waals surface area (Å²) in [7, 11) is 1.60. The third kappa shape index (κ3) is 3.79. The van der Waals surface area contributed by atoms with Gasteiger partial charge in [-0.3, -0.25) is 0 Å². The van der Waals surface area contributed by atoms with Crippen molar-refractivity contribution in [1.82, 2.24) is 9.97 Å². The Morgan fingerprint density at radius 3 is 2.59 bits per heavy atom. The minimum Gasteiger partial charge on any atom is -0.431 e. The molecule has 0 aliphatic rings. The highest BCUT2D eigenvalue weighted by atomic mass is 16.7. The maximum atomic E-state index is 12.0. The lowest BCUT2D eigenvalue weighted by Gasteiger charge is -2.12. The lowest BCUT2D eigenvalue weighted by Crippen LogP contribution is -2.17. The second-order valence-corrected chi connectivity index (χ2v) is 7.03. The molecule has 0 radical (unpaired) electrons. The molecule has 0 bridgehead atoms. The first-order valence-corrected chi connectivity index (χ1v) is 9.43. The van der Waals surface area contributed by atoms with E-state index in [9.17, 15) is 4.79 Å². The lowest BCUT2D eigenvalue weighted by molar-refractivity contribution is 0.0705. The highest BCUT2D eigenvalue weighted by Crippen LogP contribution is 2.35. The molecule has 0 aliphatic carbocycles. The van der Waals surface area contributed by atoms with Gasteiger partial charge in [0, 0.05) is 23.4 Å². The summed E-state index contributed by atoms with van der Waals surface area (Å²) in [5.41, 5.74) is 4.74. The number of nitrogens with zero attached hydrogens (tertiary/aromatic N) is 1. The molecule has 4 aromatic rings. The number of aromatic amines is 1. The predicted molar refractivity (Wildman–Crippen MR) is 112 cm³/mol. The van der Waals surface area contributed by atoms with Crippen LogP contribution in [0.5, 0.6) is 5.88 Å². The third-order valence-corrected chi connectivity index (χ3v) is 4.61. The van der Waals surface area contributed by atoms with Gasteiger partial charge < -0.3 is 19.2 Å². The Kier molecular flexibility index (Phi) is 5.18. The van der Waals surface area contributed by atoms with Gasteiger partial charge in [0.2, 0.25) is 5.88 Å². The number of rotatable bonds is 5. The molecular formula is C23H22N2O4. The molecule has 2 aromatic heterocycles. The van der Waals surface area contributed by atoms with Crippen LogP contribution in [0.3, 0.4) is 0 Å². The summed E-state index contributed by atoms with van der Waals surface area (Å²) in [5.74, 6) is 0.191. The number of fused-ring (bicyclic) bond motifs is 3.